The Morgan fingerprint density at radius 1 is 1.18 bits per heavy atom. The molecule has 1 aromatic heterocycles. The minimum Gasteiger partial charge on any atom is -0.361 e. The number of fused-ring (bicyclic) bond motifs is 1. The van der Waals surface area contributed by atoms with E-state index >= 15 is 0 Å². The number of benzene rings is 1. The van der Waals surface area contributed by atoms with Crippen molar-refractivity contribution in [1.29, 1.82) is 0 Å². The number of para-hydroxylation sites is 1. The minimum absolute atomic E-state index is 0.116. The maximum atomic E-state index is 12.8. The van der Waals surface area contributed by atoms with Crippen molar-refractivity contribution in [2.24, 2.45) is 5.73 Å². The van der Waals surface area contributed by atoms with Crippen LogP contribution in [-0.2, 0) is 16.0 Å². The Labute approximate surface area is 164 Å². The second kappa shape index (κ2) is 10.5. The van der Waals surface area contributed by atoms with Gasteiger partial charge < -0.3 is 26.7 Å². The zero-order chi connectivity index (χ0) is 20.5. The van der Waals surface area contributed by atoms with Gasteiger partial charge in [-0.2, -0.15) is 0 Å². The lowest BCUT2D eigenvalue weighted by Gasteiger charge is -2.22. The van der Waals surface area contributed by atoms with Crippen molar-refractivity contribution in [2.45, 2.75) is 45.2 Å². The highest BCUT2D eigenvalue weighted by molar-refractivity contribution is 5.90. The fourth-order valence-corrected chi connectivity index (χ4v) is 3.19. The first-order valence-corrected chi connectivity index (χ1v) is 9.54. The Kier molecular flexibility index (Phi) is 8.01. The van der Waals surface area contributed by atoms with E-state index in [4.69, 9.17) is 5.73 Å². The highest BCUT2D eigenvalue weighted by Gasteiger charge is 2.24. The van der Waals surface area contributed by atoms with Crippen molar-refractivity contribution in [1.82, 2.24) is 20.9 Å². The number of hydrogen-bond acceptors (Lipinski definition) is 4. The van der Waals surface area contributed by atoms with Crippen molar-refractivity contribution in [3.8, 4) is 0 Å². The van der Waals surface area contributed by atoms with Crippen LogP contribution in [0.3, 0.4) is 0 Å². The second-order valence-corrected chi connectivity index (χ2v) is 6.78. The fourth-order valence-electron chi connectivity index (χ4n) is 3.19. The number of carbonyl (C=O) groups excluding carboxylic acids is 3. The summed E-state index contributed by atoms with van der Waals surface area (Å²) in [6.07, 6.45) is 3.41. The van der Waals surface area contributed by atoms with Crippen molar-refractivity contribution < 1.29 is 14.4 Å². The van der Waals surface area contributed by atoms with Crippen LogP contribution in [0.25, 0.3) is 10.9 Å². The van der Waals surface area contributed by atoms with Gasteiger partial charge in [-0.1, -0.05) is 25.1 Å². The summed E-state index contributed by atoms with van der Waals surface area (Å²) in [6.45, 7) is 4.39. The van der Waals surface area contributed by atoms with Crippen LogP contribution in [0.15, 0.2) is 30.5 Å². The number of H-pyrrole nitrogens is 1. The van der Waals surface area contributed by atoms with Crippen LogP contribution in [0.4, 0.5) is 4.79 Å². The van der Waals surface area contributed by atoms with Gasteiger partial charge >= 0.3 is 6.03 Å². The van der Waals surface area contributed by atoms with E-state index < -0.39 is 18.1 Å². The van der Waals surface area contributed by atoms with Crippen molar-refractivity contribution in [3.05, 3.63) is 36.0 Å². The normalized spacial score (nSPS) is 13.1. The number of ketones is 1. The summed E-state index contributed by atoms with van der Waals surface area (Å²) >= 11 is 0. The Morgan fingerprint density at radius 2 is 1.93 bits per heavy atom. The van der Waals surface area contributed by atoms with Gasteiger partial charge in [0, 0.05) is 23.6 Å². The molecule has 152 valence electrons. The quantitative estimate of drug-likeness (QED) is 0.371. The predicted octanol–water partition coefficient (Wildman–Crippen LogP) is 1.21. The number of Topliss-reactive ketones (excluding diaryl/α,β-unsaturated/α-hetero) is 1. The second-order valence-electron chi connectivity index (χ2n) is 6.78. The molecule has 2 atom stereocenters. The molecule has 2 rings (SSSR count). The van der Waals surface area contributed by atoms with E-state index in [1.54, 1.807) is 0 Å². The number of primary amides is 1. The van der Waals surface area contributed by atoms with Crippen molar-refractivity contribution >= 4 is 28.6 Å². The molecule has 0 fully saturated rings. The third-order valence-corrected chi connectivity index (χ3v) is 4.64. The number of amides is 3. The molecule has 0 bridgehead atoms. The maximum Gasteiger partial charge on any atom is 0.312 e. The minimum atomic E-state index is -0.602. The molecule has 28 heavy (non-hydrogen) atoms. The van der Waals surface area contributed by atoms with Crippen molar-refractivity contribution in [3.63, 3.8) is 0 Å². The molecular weight excluding hydrogens is 358 g/mol. The highest BCUT2D eigenvalue weighted by atomic mass is 16.2. The molecule has 6 N–H and O–H groups in total. The fraction of sp³-hybridized carbons (Fsp3) is 0.450. The molecule has 0 saturated heterocycles. The van der Waals surface area contributed by atoms with Gasteiger partial charge in [0.2, 0.25) is 5.91 Å². The number of likely N-dealkylation sites (N-methyl/N-ethyl adjacent to an activating group) is 1. The SMILES string of the molecule is CCN[C@H](Cc1c[nH]c2ccccc12)C(=O)N[C@H](CCCNC(N)=O)C(C)=O. The maximum absolute atomic E-state index is 12.8. The first-order chi connectivity index (χ1) is 13.4. The van der Waals surface area contributed by atoms with Gasteiger partial charge in [0.1, 0.15) is 0 Å². The van der Waals surface area contributed by atoms with E-state index in [9.17, 15) is 14.4 Å². The number of urea groups is 1. The number of aromatic nitrogens is 1. The largest absolute Gasteiger partial charge is 0.361 e. The molecule has 0 unspecified atom stereocenters. The molecular formula is C20H29N5O3. The first-order valence-electron chi connectivity index (χ1n) is 9.54. The molecule has 1 heterocycles. The van der Waals surface area contributed by atoms with E-state index in [2.05, 4.69) is 20.9 Å². The van der Waals surface area contributed by atoms with Gasteiger partial charge in [-0.3, -0.25) is 9.59 Å². The molecule has 0 aliphatic rings. The van der Waals surface area contributed by atoms with Gasteiger partial charge in [-0.15, -0.1) is 0 Å². The Hall–Kier alpha value is -2.87. The molecule has 8 nitrogen and oxygen atoms in total. The lowest BCUT2D eigenvalue weighted by Crippen LogP contribution is -2.50. The van der Waals surface area contributed by atoms with Crippen molar-refractivity contribution in [2.75, 3.05) is 13.1 Å². The van der Waals surface area contributed by atoms with Gasteiger partial charge in [0.25, 0.3) is 0 Å². The van der Waals surface area contributed by atoms with Gasteiger partial charge in [0.05, 0.1) is 12.1 Å². The third kappa shape index (κ3) is 6.09. The van der Waals surface area contributed by atoms with Gasteiger partial charge in [-0.05, 0) is 44.4 Å². The lowest BCUT2D eigenvalue weighted by molar-refractivity contribution is -0.128. The lowest BCUT2D eigenvalue weighted by atomic mass is 10.0. The summed E-state index contributed by atoms with van der Waals surface area (Å²) in [5.41, 5.74) is 7.10. The molecule has 8 heteroatoms. The summed E-state index contributed by atoms with van der Waals surface area (Å²) < 4.78 is 0. The van der Waals surface area contributed by atoms with E-state index in [-0.39, 0.29) is 11.7 Å². The summed E-state index contributed by atoms with van der Waals surface area (Å²) in [5, 5.41) is 9.61. The zero-order valence-electron chi connectivity index (χ0n) is 16.4. The smallest absolute Gasteiger partial charge is 0.312 e. The number of carbonyl (C=O) groups is 3. The number of hydrogen-bond donors (Lipinski definition) is 5. The number of nitrogens with two attached hydrogens (primary N) is 1. The van der Waals surface area contributed by atoms with Crippen LogP contribution in [0.5, 0.6) is 0 Å². The van der Waals surface area contributed by atoms with E-state index in [0.29, 0.717) is 32.4 Å². The topological polar surface area (TPSA) is 129 Å². The van der Waals surface area contributed by atoms with Crippen LogP contribution in [-0.4, -0.2) is 47.9 Å². The van der Waals surface area contributed by atoms with Gasteiger partial charge in [0.15, 0.2) is 5.78 Å². The summed E-state index contributed by atoms with van der Waals surface area (Å²) in [5.74, 6) is -0.329. The number of nitrogens with one attached hydrogen (secondary N) is 4. The zero-order valence-corrected chi connectivity index (χ0v) is 16.4. The van der Waals surface area contributed by atoms with E-state index in [1.807, 2.05) is 37.4 Å². The van der Waals surface area contributed by atoms with Crippen LogP contribution in [0.1, 0.15) is 32.3 Å². The average molecular weight is 387 g/mol. The summed E-state index contributed by atoms with van der Waals surface area (Å²) in [6, 6.07) is 6.30. The van der Waals surface area contributed by atoms with Gasteiger partial charge in [-0.25, -0.2) is 4.79 Å². The predicted molar refractivity (Wildman–Crippen MR) is 109 cm³/mol. The molecule has 0 spiro atoms. The summed E-state index contributed by atoms with van der Waals surface area (Å²) in [7, 11) is 0. The monoisotopic (exact) mass is 387 g/mol. The average Bonchev–Trinajstić information content (AvgIpc) is 3.06. The Balaban J connectivity index is 2.01. The van der Waals surface area contributed by atoms with Crippen LogP contribution in [0.2, 0.25) is 0 Å². The van der Waals surface area contributed by atoms with E-state index in [1.165, 1.54) is 6.92 Å². The third-order valence-electron chi connectivity index (χ3n) is 4.64. The number of rotatable bonds is 11. The first kappa shape index (κ1) is 21.4. The molecule has 0 radical (unpaired) electrons. The van der Waals surface area contributed by atoms with Crippen LogP contribution >= 0.6 is 0 Å². The Morgan fingerprint density at radius 3 is 2.61 bits per heavy atom. The standard InChI is InChI=1S/C20H29N5O3/c1-3-22-18(11-14-12-24-17-8-5-4-7-15(14)17)19(27)25-16(13(2)26)9-6-10-23-20(21)28/h4-5,7-8,12,16,18,22,24H,3,6,9-11H2,1-2H3,(H,25,27)(H3,21,23,28)/t16-,18-/m1/s1. The number of aromatic amines is 1. The van der Waals surface area contributed by atoms with E-state index in [0.717, 1.165) is 16.5 Å². The molecule has 3 amide bonds. The molecule has 0 aliphatic carbocycles. The molecule has 1 aromatic carbocycles. The molecule has 2 aromatic rings. The molecule has 0 saturated carbocycles. The van der Waals surface area contributed by atoms with Crippen LogP contribution in [0, 0.1) is 0 Å². The summed E-state index contributed by atoms with van der Waals surface area (Å²) in [4.78, 5) is 38.7. The Bertz CT molecular complexity index is 817. The van der Waals surface area contributed by atoms with Crippen LogP contribution < -0.4 is 21.7 Å². The molecule has 0 aliphatic heterocycles. The highest BCUT2D eigenvalue weighted by Crippen LogP contribution is 2.19.